The molecule has 0 aromatic heterocycles. The molecule has 0 amide bonds. The second-order valence-corrected chi connectivity index (χ2v) is 7.28. The van der Waals surface area contributed by atoms with Crippen molar-refractivity contribution in [1.29, 1.82) is 0 Å². The van der Waals surface area contributed by atoms with Gasteiger partial charge < -0.3 is 15.1 Å². The molecule has 2 aliphatic heterocycles. The molecule has 0 radical (unpaired) electrons. The zero-order chi connectivity index (χ0) is 16.3. The molecular weight excluding hydrogens is 284 g/mol. The van der Waals surface area contributed by atoms with Gasteiger partial charge in [0.2, 0.25) is 0 Å². The van der Waals surface area contributed by atoms with Crippen molar-refractivity contribution in [3.8, 4) is 0 Å². The molecule has 0 atom stereocenters. The van der Waals surface area contributed by atoms with E-state index in [1.807, 2.05) is 7.05 Å². The number of benzene rings is 1. The second-order valence-electron chi connectivity index (χ2n) is 7.28. The van der Waals surface area contributed by atoms with Crippen LogP contribution < -0.4 is 10.2 Å². The van der Waals surface area contributed by atoms with Gasteiger partial charge >= 0.3 is 0 Å². The van der Waals surface area contributed by atoms with Crippen LogP contribution in [-0.2, 0) is 6.54 Å². The Morgan fingerprint density at radius 3 is 2.43 bits per heavy atom. The number of aliphatic imine (C=N–C) groups is 1. The van der Waals surface area contributed by atoms with Crippen LogP contribution in [0.5, 0.6) is 0 Å². The highest BCUT2D eigenvalue weighted by Gasteiger charge is 2.30. The number of hydrogen-bond acceptors (Lipinski definition) is 2. The van der Waals surface area contributed by atoms with Crippen LogP contribution >= 0.6 is 0 Å². The zero-order valence-electron chi connectivity index (χ0n) is 14.5. The molecule has 4 heteroatoms. The van der Waals surface area contributed by atoms with Crippen molar-refractivity contribution in [3.05, 3.63) is 42.0 Å². The third kappa shape index (κ3) is 3.87. The number of nitrogens with zero attached hydrogens (tertiary/aromatic N) is 3. The summed E-state index contributed by atoms with van der Waals surface area (Å²) in [6, 6.07) is 8.85. The lowest BCUT2D eigenvalue weighted by Gasteiger charge is -2.24. The van der Waals surface area contributed by atoms with Crippen molar-refractivity contribution in [2.24, 2.45) is 10.4 Å². The lowest BCUT2D eigenvalue weighted by molar-refractivity contribution is 0.370. The van der Waals surface area contributed by atoms with Crippen molar-refractivity contribution < 1.29 is 0 Å². The van der Waals surface area contributed by atoms with Gasteiger partial charge in [-0.15, -0.1) is 0 Å². The monoisotopic (exact) mass is 312 g/mol. The fourth-order valence-corrected chi connectivity index (χ4v) is 3.32. The summed E-state index contributed by atoms with van der Waals surface area (Å²) in [4.78, 5) is 9.18. The van der Waals surface area contributed by atoms with Crippen LogP contribution in [0.25, 0.3) is 0 Å². The van der Waals surface area contributed by atoms with Gasteiger partial charge in [-0.1, -0.05) is 38.1 Å². The summed E-state index contributed by atoms with van der Waals surface area (Å²) in [5.41, 5.74) is 2.98. The molecule has 1 N–H and O–H groups in total. The van der Waals surface area contributed by atoms with E-state index >= 15 is 0 Å². The Morgan fingerprint density at radius 1 is 1.17 bits per heavy atom. The topological polar surface area (TPSA) is 30.9 Å². The van der Waals surface area contributed by atoms with Crippen LogP contribution in [-0.4, -0.2) is 44.1 Å². The van der Waals surface area contributed by atoms with Crippen molar-refractivity contribution in [2.45, 2.75) is 26.8 Å². The molecule has 1 aromatic carbocycles. The summed E-state index contributed by atoms with van der Waals surface area (Å²) in [5, 5.41) is 3.50. The van der Waals surface area contributed by atoms with E-state index in [1.54, 1.807) is 0 Å². The van der Waals surface area contributed by atoms with Crippen molar-refractivity contribution in [2.75, 3.05) is 38.1 Å². The van der Waals surface area contributed by atoms with E-state index in [9.17, 15) is 0 Å². The first-order valence-corrected chi connectivity index (χ1v) is 8.52. The van der Waals surface area contributed by atoms with E-state index in [0.717, 1.165) is 38.7 Å². The summed E-state index contributed by atoms with van der Waals surface area (Å²) in [6.07, 6.45) is 5.67. The molecule has 0 aliphatic carbocycles. The predicted octanol–water partition coefficient (Wildman–Crippen LogP) is 2.87. The van der Waals surface area contributed by atoms with E-state index in [-0.39, 0.29) is 0 Å². The van der Waals surface area contributed by atoms with Crippen LogP contribution in [0.2, 0.25) is 0 Å². The smallest absolute Gasteiger partial charge is 0.193 e. The van der Waals surface area contributed by atoms with Gasteiger partial charge in [-0.2, -0.15) is 0 Å². The van der Waals surface area contributed by atoms with Crippen LogP contribution in [0.1, 0.15) is 25.8 Å². The maximum atomic E-state index is 4.45. The minimum atomic E-state index is 0.392. The fraction of sp³-hybridized carbons (Fsp3) is 0.526. The van der Waals surface area contributed by atoms with Crippen molar-refractivity contribution >= 4 is 11.6 Å². The van der Waals surface area contributed by atoms with Crippen LogP contribution in [0.15, 0.2) is 41.4 Å². The largest absolute Gasteiger partial charge is 0.364 e. The average Bonchev–Trinajstić information content (AvgIpc) is 3.18. The molecule has 1 fully saturated rings. The van der Waals surface area contributed by atoms with Gasteiger partial charge in [-0.05, 0) is 29.5 Å². The van der Waals surface area contributed by atoms with Crippen LogP contribution in [0.3, 0.4) is 0 Å². The highest BCUT2D eigenvalue weighted by Crippen LogP contribution is 2.28. The molecule has 0 saturated carbocycles. The lowest BCUT2D eigenvalue weighted by Crippen LogP contribution is -2.40. The Morgan fingerprint density at radius 2 is 1.87 bits per heavy atom. The van der Waals surface area contributed by atoms with Gasteiger partial charge in [0.15, 0.2) is 5.96 Å². The molecule has 3 rings (SSSR count). The average molecular weight is 312 g/mol. The number of nitrogens with one attached hydrogen (secondary N) is 1. The first-order valence-electron chi connectivity index (χ1n) is 8.52. The molecule has 124 valence electrons. The quantitative estimate of drug-likeness (QED) is 0.529. The van der Waals surface area contributed by atoms with Gasteiger partial charge in [0, 0.05) is 45.5 Å². The third-order valence-electron chi connectivity index (χ3n) is 4.76. The highest BCUT2D eigenvalue weighted by molar-refractivity contribution is 5.80. The van der Waals surface area contributed by atoms with Crippen molar-refractivity contribution in [1.82, 2.24) is 10.2 Å². The summed E-state index contributed by atoms with van der Waals surface area (Å²) in [6.45, 7) is 9.69. The molecule has 1 saturated heterocycles. The number of hydrogen-bond donors (Lipinski definition) is 1. The minimum absolute atomic E-state index is 0.392. The van der Waals surface area contributed by atoms with E-state index < -0.39 is 0 Å². The molecule has 0 unspecified atom stereocenters. The summed E-state index contributed by atoms with van der Waals surface area (Å²) in [7, 11) is 1.87. The Kier molecular flexibility index (Phi) is 4.60. The summed E-state index contributed by atoms with van der Waals surface area (Å²) >= 11 is 0. The molecule has 1 aromatic rings. The van der Waals surface area contributed by atoms with E-state index in [1.165, 1.54) is 17.7 Å². The second kappa shape index (κ2) is 6.65. The Balaban J connectivity index is 1.55. The predicted molar refractivity (Wildman–Crippen MR) is 98.0 cm³/mol. The van der Waals surface area contributed by atoms with Gasteiger partial charge in [0.1, 0.15) is 0 Å². The number of likely N-dealkylation sites (tertiary alicyclic amines) is 1. The molecule has 4 nitrogen and oxygen atoms in total. The number of anilines is 1. The molecule has 2 aliphatic rings. The molecule has 0 spiro atoms. The van der Waals surface area contributed by atoms with Gasteiger partial charge in [0.05, 0.1) is 0 Å². The SMILES string of the molecule is CN=C(NCc1ccc(N2CC=CC2)cc1)N1CCC(C)(C)C1. The normalized spacial score (nSPS) is 20.4. The maximum Gasteiger partial charge on any atom is 0.193 e. The molecular formula is C19H28N4. The van der Waals surface area contributed by atoms with Crippen molar-refractivity contribution in [3.63, 3.8) is 0 Å². The van der Waals surface area contributed by atoms with E-state index in [2.05, 4.69) is 70.4 Å². The molecule has 0 bridgehead atoms. The minimum Gasteiger partial charge on any atom is -0.364 e. The molecule has 2 heterocycles. The van der Waals surface area contributed by atoms with E-state index in [0.29, 0.717) is 5.41 Å². The fourth-order valence-electron chi connectivity index (χ4n) is 3.32. The Hall–Kier alpha value is -1.97. The van der Waals surface area contributed by atoms with Gasteiger partial charge in [-0.25, -0.2) is 0 Å². The first-order chi connectivity index (χ1) is 11.1. The number of rotatable bonds is 3. The van der Waals surface area contributed by atoms with E-state index in [4.69, 9.17) is 0 Å². The van der Waals surface area contributed by atoms with Crippen LogP contribution in [0, 0.1) is 5.41 Å². The third-order valence-corrected chi connectivity index (χ3v) is 4.76. The highest BCUT2D eigenvalue weighted by atomic mass is 15.3. The lowest BCUT2D eigenvalue weighted by atomic mass is 9.93. The Labute approximate surface area is 139 Å². The molecule has 23 heavy (non-hydrogen) atoms. The standard InChI is InChI=1S/C19H28N4/c1-19(2)10-13-23(15-19)18(20-3)21-14-16-6-8-17(9-7-16)22-11-4-5-12-22/h4-9H,10-15H2,1-3H3,(H,20,21). The summed E-state index contributed by atoms with van der Waals surface area (Å²) in [5.74, 6) is 1.02. The van der Waals surface area contributed by atoms with Crippen LogP contribution in [0.4, 0.5) is 5.69 Å². The van der Waals surface area contributed by atoms with Gasteiger partial charge in [0.25, 0.3) is 0 Å². The summed E-state index contributed by atoms with van der Waals surface area (Å²) < 4.78 is 0. The number of guanidine groups is 1. The van der Waals surface area contributed by atoms with Gasteiger partial charge in [-0.3, -0.25) is 4.99 Å². The Bertz CT molecular complexity index is 578. The first kappa shape index (κ1) is 15.9. The maximum absolute atomic E-state index is 4.45. The zero-order valence-corrected chi connectivity index (χ0v) is 14.5.